The number of hydrogen-bond donors (Lipinski definition) is 3. The predicted octanol–water partition coefficient (Wildman–Crippen LogP) is 13.7. The number of benzene rings is 5. The molecular weight excluding hydrogens is 635 g/mol. The average molecular weight is 695 g/mol. The zero-order valence-electron chi connectivity index (χ0n) is 32.5. The predicted molar refractivity (Wildman–Crippen MR) is 216 cm³/mol. The third-order valence-electron chi connectivity index (χ3n) is 9.78. The van der Waals surface area contributed by atoms with E-state index in [9.17, 15) is 0 Å². The summed E-state index contributed by atoms with van der Waals surface area (Å²) in [5.74, 6) is 4.41. The van der Waals surface area contributed by atoms with Gasteiger partial charge in [0.25, 0.3) is 0 Å². The molecule has 0 spiro atoms. The molecule has 268 valence electrons. The van der Waals surface area contributed by atoms with Crippen LogP contribution in [0, 0.1) is 6.92 Å². The van der Waals surface area contributed by atoms with Crippen LogP contribution in [0.3, 0.4) is 0 Å². The monoisotopic (exact) mass is 694 g/mol. The maximum atomic E-state index is 7.23. The summed E-state index contributed by atoms with van der Waals surface area (Å²) in [4.78, 5) is 21.7. The Bertz CT molecular complexity index is 1950. The SMILES string of the molecule is Cc1ccc(Oc2cc3c(C(C)C)cc(C(C)C)cc3cc2C(C)C)c(-c2cc3c(C(C)C)cc(C(C)C)cc3cc2C(C)C)c1.OP(O)O. The van der Waals surface area contributed by atoms with Gasteiger partial charge in [-0.25, -0.2) is 0 Å². The molecule has 0 saturated carbocycles. The normalized spacial score (nSPS) is 12.1. The van der Waals surface area contributed by atoms with Gasteiger partial charge in [0.1, 0.15) is 11.5 Å². The standard InChI is InChI=1S/C45H56O.H3O3P/c1-25(2)32-17-34-21-38(29(9)10)42(23-40(34)36(19-32)27(5)6)43-16-31(13)14-15-44(43)46-45-24-41-35(22-39(45)30(11)12)18-33(26(3)4)20-37(41)28(7)8;1-4(2)3/h14-30H,1-13H3;1-3H. The van der Waals surface area contributed by atoms with E-state index < -0.39 is 8.60 Å². The molecule has 3 N–H and O–H groups in total. The highest BCUT2D eigenvalue weighted by molar-refractivity contribution is 7.38. The van der Waals surface area contributed by atoms with Crippen molar-refractivity contribution in [1.82, 2.24) is 0 Å². The quantitative estimate of drug-likeness (QED) is 0.134. The second-order valence-corrected chi connectivity index (χ2v) is 16.3. The Kier molecular flexibility index (Phi) is 12.9. The highest BCUT2D eigenvalue weighted by Crippen LogP contribution is 2.44. The van der Waals surface area contributed by atoms with E-state index >= 15 is 0 Å². The lowest BCUT2D eigenvalue weighted by Gasteiger charge is -2.23. The topological polar surface area (TPSA) is 69.9 Å². The van der Waals surface area contributed by atoms with Gasteiger partial charge in [-0.1, -0.05) is 125 Å². The van der Waals surface area contributed by atoms with Crippen LogP contribution in [0.5, 0.6) is 11.5 Å². The van der Waals surface area contributed by atoms with Crippen LogP contribution in [0.15, 0.2) is 66.7 Å². The highest BCUT2D eigenvalue weighted by atomic mass is 31.2. The molecule has 0 aliphatic carbocycles. The fraction of sp³-hybridized carbons (Fsp3) is 0.422. The van der Waals surface area contributed by atoms with E-state index in [-0.39, 0.29) is 0 Å². The van der Waals surface area contributed by atoms with Gasteiger partial charge in [0.15, 0.2) is 0 Å². The van der Waals surface area contributed by atoms with Gasteiger partial charge in [-0.2, -0.15) is 0 Å². The molecule has 0 radical (unpaired) electrons. The van der Waals surface area contributed by atoms with E-state index in [2.05, 4.69) is 157 Å². The minimum atomic E-state index is -2.62. The molecule has 5 heteroatoms. The smallest absolute Gasteiger partial charge is 0.324 e. The molecule has 0 atom stereocenters. The lowest BCUT2D eigenvalue weighted by atomic mass is 9.84. The molecule has 0 amide bonds. The molecule has 0 saturated heterocycles. The van der Waals surface area contributed by atoms with Crippen molar-refractivity contribution < 1.29 is 19.4 Å². The Balaban J connectivity index is 0.00000133. The number of aryl methyl sites for hydroxylation is 1. The van der Waals surface area contributed by atoms with Crippen molar-refractivity contribution in [2.75, 3.05) is 0 Å². The summed E-state index contributed by atoms with van der Waals surface area (Å²) in [6.45, 7) is 29.8. The van der Waals surface area contributed by atoms with Gasteiger partial charge in [-0.3, -0.25) is 0 Å². The number of fused-ring (bicyclic) bond motifs is 2. The lowest BCUT2D eigenvalue weighted by Crippen LogP contribution is -2.01. The molecule has 0 heterocycles. The molecule has 4 nitrogen and oxygen atoms in total. The Morgan fingerprint density at radius 3 is 1.32 bits per heavy atom. The van der Waals surface area contributed by atoms with Crippen LogP contribution in [0.4, 0.5) is 0 Å². The first-order chi connectivity index (χ1) is 23.4. The van der Waals surface area contributed by atoms with Crippen LogP contribution < -0.4 is 4.74 Å². The first-order valence-electron chi connectivity index (χ1n) is 18.3. The summed E-state index contributed by atoms with van der Waals surface area (Å²) in [5, 5.41) is 5.30. The zero-order chi connectivity index (χ0) is 37.2. The minimum Gasteiger partial charge on any atom is -0.456 e. The third kappa shape index (κ3) is 8.96. The fourth-order valence-electron chi connectivity index (χ4n) is 6.88. The van der Waals surface area contributed by atoms with E-state index in [1.165, 1.54) is 71.6 Å². The van der Waals surface area contributed by atoms with Crippen molar-refractivity contribution >= 4 is 30.1 Å². The van der Waals surface area contributed by atoms with Gasteiger partial charge in [0.05, 0.1) is 0 Å². The number of ether oxygens (including phenoxy) is 1. The van der Waals surface area contributed by atoms with Crippen LogP contribution in [0.2, 0.25) is 0 Å². The fourth-order valence-corrected chi connectivity index (χ4v) is 6.88. The maximum Gasteiger partial charge on any atom is 0.324 e. The van der Waals surface area contributed by atoms with Crippen molar-refractivity contribution in [2.45, 2.75) is 126 Å². The first kappa shape index (κ1) is 39.5. The maximum absolute atomic E-state index is 7.23. The largest absolute Gasteiger partial charge is 0.456 e. The van der Waals surface area contributed by atoms with Crippen molar-refractivity contribution in [3.63, 3.8) is 0 Å². The highest BCUT2D eigenvalue weighted by Gasteiger charge is 2.21. The molecule has 50 heavy (non-hydrogen) atoms. The van der Waals surface area contributed by atoms with Crippen molar-refractivity contribution in [2.24, 2.45) is 0 Å². The number of hydrogen-bond acceptors (Lipinski definition) is 4. The van der Waals surface area contributed by atoms with Gasteiger partial charge in [-0.05, 0) is 133 Å². The summed E-state index contributed by atoms with van der Waals surface area (Å²) >= 11 is 0. The Morgan fingerprint density at radius 2 is 0.880 bits per heavy atom. The van der Waals surface area contributed by atoms with Gasteiger partial charge in [0.2, 0.25) is 0 Å². The van der Waals surface area contributed by atoms with Gasteiger partial charge >= 0.3 is 8.60 Å². The average Bonchev–Trinajstić information content (AvgIpc) is 3.02. The van der Waals surface area contributed by atoms with Crippen LogP contribution in [0.25, 0.3) is 32.7 Å². The van der Waals surface area contributed by atoms with E-state index in [1.54, 1.807) is 0 Å². The molecule has 5 aromatic rings. The van der Waals surface area contributed by atoms with Gasteiger partial charge in [-0.15, -0.1) is 0 Å². The first-order valence-corrected chi connectivity index (χ1v) is 19.5. The summed E-state index contributed by atoms with van der Waals surface area (Å²) in [6, 6.07) is 26.0. The molecule has 5 rings (SSSR count). The van der Waals surface area contributed by atoms with E-state index in [0.717, 1.165) is 11.5 Å². The summed E-state index contributed by atoms with van der Waals surface area (Å²) in [5.41, 5.74) is 11.9. The second kappa shape index (κ2) is 16.4. The van der Waals surface area contributed by atoms with Crippen LogP contribution in [-0.4, -0.2) is 14.7 Å². The Labute approximate surface area is 302 Å². The summed E-state index contributed by atoms with van der Waals surface area (Å²) in [6.07, 6.45) is 0. The van der Waals surface area contributed by atoms with Crippen molar-refractivity contribution in [1.29, 1.82) is 0 Å². The number of rotatable bonds is 9. The molecule has 0 aromatic heterocycles. The van der Waals surface area contributed by atoms with E-state index in [1.807, 2.05) is 0 Å². The van der Waals surface area contributed by atoms with Crippen LogP contribution in [-0.2, 0) is 0 Å². The summed E-state index contributed by atoms with van der Waals surface area (Å²) in [7, 11) is -2.62. The summed E-state index contributed by atoms with van der Waals surface area (Å²) < 4.78 is 7.11. The molecule has 0 aliphatic heterocycles. The molecule has 0 bridgehead atoms. The van der Waals surface area contributed by atoms with Crippen molar-refractivity contribution in [3.8, 4) is 22.6 Å². The van der Waals surface area contributed by atoms with Crippen LogP contribution in [0.1, 0.15) is 158 Å². The zero-order valence-corrected chi connectivity index (χ0v) is 33.4. The van der Waals surface area contributed by atoms with E-state index in [0.29, 0.717) is 35.5 Å². The van der Waals surface area contributed by atoms with Crippen LogP contribution >= 0.6 is 8.60 Å². The Morgan fingerprint density at radius 1 is 0.440 bits per heavy atom. The molecule has 5 aromatic carbocycles. The van der Waals surface area contributed by atoms with Crippen molar-refractivity contribution in [3.05, 3.63) is 106 Å². The van der Waals surface area contributed by atoms with Gasteiger partial charge in [0, 0.05) is 5.56 Å². The van der Waals surface area contributed by atoms with E-state index in [4.69, 9.17) is 19.4 Å². The minimum absolute atomic E-state index is 0.328. The Hall–Kier alpha value is -3.27. The molecular formula is C45H59O4P. The lowest BCUT2D eigenvalue weighted by molar-refractivity contribution is 0.368. The second-order valence-electron chi connectivity index (χ2n) is 15.8. The molecule has 0 fully saturated rings. The van der Waals surface area contributed by atoms with Gasteiger partial charge < -0.3 is 19.4 Å². The molecule has 0 unspecified atom stereocenters. The molecule has 0 aliphatic rings. The third-order valence-corrected chi connectivity index (χ3v) is 9.78.